The van der Waals surface area contributed by atoms with Crippen molar-refractivity contribution in [2.45, 2.75) is 50.3 Å². The van der Waals surface area contributed by atoms with Crippen LogP contribution in [0.5, 0.6) is 0 Å². The van der Waals surface area contributed by atoms with Crippen molar-refractivity contribution in [1.82, 2.24) is 9.80 Å². The molecule has 0 spiro atoms. The molecule has 1 saturated carbocycles. The molecule has 0 aromatic rings. The number of aliphatic hydroxyl groups excluding tert-OH is 1. The van der Waals surface area contributed by atoms with E-state index in [1.807, 2.05) is 0 Å². The first-order valence-electron chi connectivity index (χ1n) is 7.58. The second kappa shape index (κ2) is 5.87. The van der Waals surface area contributed by atoms with Gasteiger partial charge in [0.1, 0.15) is 0 Å². The summed E-state index contributed by atoms with van der Waals surface area (Å²) in [6, 6.07) is 1.13. The zero-order valence-corrected chi connectivity index (χ0v) is 11.3. The summed E-state index contributed by atoms with van der Waals surface area (Å²) in [5, 5.41) is 10.2. The lowest BCUT2D eigenvalue weighted by Gasteiger charge is -2.36. The number of morpholine rings is 1. The molecular formula is C14H26N2O2. The van der Waals surface area contributed by atoms with Crippen LogP contribution >= 0.6 is 0 Å². The maximum atomic E-state index is 10.2. The van der Waals surface area contributed by atoms with Crippen LogP contribution in [-0.4, -0.2) is 72.5 Å². The monoisotopic (exact) mass is 254 g/mol. The zero-order chi connectivity index (χ0) is 12.4. The lowest BCUT2D eigenvalue weighted by Crippen LogP contribution is -2.48. The van der Waals surface area contributed by atoms with Crippen molar-refractivity contribution in [3.63, 3.8) is 0 Å². The molecule has 2 aliphatic heterocycles. The van der Waals surface area contributed by atoms with Gasteiger partial charge in [-0.05, 0) is 19.3 Å². The molecule has 3 aliphatic rings. The molecule has 3 atom stereocenters. The van der Waals surface area contributed by atoms with E-state index in [9.17, 15) is 5.11 Å². The molecule has 3 rings (SSSR count). The Hall–Kier alpha value is -0.160. The minimum atomic E-state index is -0.0813. The van der Waals surface area contributed by atoms with Gasteiger partial charge in [-0.1, -0.05) is 12.8 Å². The Morgan fingerprint density at radius 1 is 0.889 bits per heavy atom. The number of hydrogen-bond acceptors (Lipinski definition) is 4. The lowest BCUT2D eigenvalue weighted by atomic mass is 9.91. The summed E-state index contributed by atoms with van der Waals surface area (Å²) in [6.07, 6.45) is 5.88. The first-order chi connectivity index (χ1) is 8.84. The quantitative estimate of drug-likeness (QED) is 0.787. The van der Waals surface area contributed by atoms with Gasteiger partial charge in [-0.15, -0.1) is 0 Å². The summed E-state index contributed by atoms with van der Waals surface area (Å²) in [5.74, 6) is 0. The van der Waals surface area contributed by atoms with Crippen LogP contribution < -0.4 is 0 Å². The van der Waals surface area contributed by atoms with Gasteiger partial charge in [0.2, 0.25) is 0 Å². The molecule has 2 heterocycles. The summed E-state index contributed by atoms with van der Waals surface area (Å²) in [6.45, 7) is 6.29. The van der Waals surface area contributed by atoms with E-state index in [4.69, 9.17) is 4.74 Å². The number of hydrogen-bond donors (Lipinski definition) is 1. The Balaban J connectivity index is 1.53. The second-order valence-corrected chi connectivity index (χ2v) is 6.00. The highest BCUT2D eigenvalue weighted by Crippen LogP contribution is 2.27. The molecule has 0 amide bonds. The number of ether oxygens (including phenoxy) is 1. The molecular weight excluding hydrogens is 228 g/mol. The fourth-order valence-corrected chi connectivity index (χ4v) is 3.83. The van der Waals surface area contributed by atoms with Crippen molar-refractivity contribution in [3.05, 3.63) is 0 Å². The van der Waals surface area contributed by atoms with Crippen molar-refractivity contribution in [2.75, 3.05) is 39.4 Å². The van der Waals surface area contributed by atoms with E-state index in [2.05, 4.69) is 9.80 Å². The third-order valence-electron chi connectivity index (χ3n) is 4.92. The Kier molecular flexibility index (Phi) is 4.19. The predicted molar refractivity (Wildman–Crippen MR) is 70.6 cm³/mol. The van der Waals surface area contributed by atoms with Crippen LogP contribution in [0.4, 0.5) is 0 Å². The molecule has 1 N–H and O–H groups in total. The van der Waals surface area contributed by atoms with Crippen LogP contribution in [-0.2, 0) is 4.74 Å². The molecule has 0 radical (unpaired) electrons. The largest absolute Gasteiger partial charge is 0.391 e. The highest BCUT2D eigenvalue weighted by atomic mass is 16.5. The number of likely N-dealkylation sites (tertiary alicyclic amines) is 1. The van der Waals surface area contributed by atoms with Gasteiger partial charge in [0.05, 0.1) is 19.3 Å². The number of rotatable bonds is 2. The first kappa shape index (κ1) is 12.9. The van der Waals surface area contributed by atoms with E-state index in [1.165, 1.54) is 32.2 Å². The highest BCUT2D eigenvalue weighted by molar-refractivity contribution is 4.91. The average Bonchev–Trinajstić information content (AvgIpc) is 2.90. The number of aliphatic hydroxyl groups is 1. The summed E-state index contributed by atoms with van der Waals surface area (Å²) in [5.41, 5.74) is 0. The molecule has 3 unspecified atom stereocenters. The molecule has 1 aliphatic carbocycles. The predicted octanol–water partition coefficient (Wildman–Crippen LogP) is 0.696. The maximum Gasteiger partial charge on any atom is 0.0695 e. The minimum Gasteiger partial charge on any atom is -0.391 e. The van der Waals surface area contributed by atoms with Crippen LogP contribution in [0.25, 0.3) is 0 Å². The topological polar surface area (TPSA) is 35.9 Å². The Morgan fingerprint density at radius 3 is 2.44 bits per heavy atom. The Bertz CT molecular complexity index is 269. The average molecular weight is 254 g/mol. The van der Waals surface area contributed by atoms with Crippen molar-refractivity contribution in [3.8, 4) is 0 Å². The Labute approximate surface area is 110 Å². The van der Waals surface area contributed by atoms with Crippen molar-refractivity contribution in [2.24, 2.45) is 0 Å². The minimum absolute atomic E-state index is 0.0813. The standard InChI is InChI=1S/C14H26N2O2/c17-14-4-2-1-3-13(14)16-6-5-12(11-16)15-7-9-18-10-8-15/h12-14,17H,1-11H2. The molecule has 3 fully saturated rings. The van der Waals surface area contributed by atoms with Crippen LogP contribution in [0.15, 0.2) is 0 Å². The zero-order valence-electron chi connectivity index (χ0n) is 11.3. The third kappa shape index (κ3) is 2.72. The van der Waals surface area contributed by atoms with E-state index >= 15 is 0 Å². The van der Waals surface area contributed by atoms with Crippen LogP contribution in [0.3, 0.4) is 0 Å². The summed E-state index contributed by atoms with van der Waals surface area (Å²) < 4.78 is 5.42. The fourth-order valence-electron chi connectivity index (χ4n) is 3.83. The molecule has 18 heavy (non-hydrogen) atoms. The van der Waals surface area contributed by atoms with Crippen molar-refractivity contribution < 1.29 is 9.84 Å². The van der Waals surface area contributed by atoms with E-state index in [1.54, 1.807) is 0 Å². The first-order valence-corrected chi connectivity index (χ1v) is 7.58. The van der Waals surface area contributed by atoms with E-state index in [0.29, 0.717) is 12.1 Å². The SMILES string of the molecule is OC1CCCCC1N1CCC(N2CCOCC2)C1. The molecule has 0 bridgehead atoms. The summed E-state index contributed by atoms with van der Waals surface area (Å²) in [4.78, 5) is 5.13. The van der Waals surface area contributed by atoms with Gasteiger partial charge in [-0.25, -0.2) is 0 Å². The molecule has 2 saturated heterocycles. The normalized spacial score (nSPS) is 40.2. The van der Waals surface area contributed by atoms with E-state index in [0.717, 1.165) is 39.3 Å². The smallest absolute Gasteiger partial charge is 0.0695 e. The Morgan fingerprint density at radius 2 is 1.67 bits per heavy atom. The van der Waals surface area contributed by atoms with Gasteiger partial charge in [0.15, 0.2) is 0 Å². The van der Waals surface area contributed by atoms with Crippen LogP contribution in [0, 0.1) is 0 Å². The maximum absolute atomic E-state index is 10.2. The summed E-state index contributed by atoms with van der Waals surface area (Å²) in [7, 11) is 0. The van der Waals surface area contributed by atoms with Gasteiger partial charge in [0.25, 0.3) is 0 Å². The van der Waals surface area contributed by atoms with E-state index < -0.39 is 0 Å². The molecule has 0 aromatic heterocycles. The molecule has 0 aromatic carbocycles. The molecule has 4 nitrogen and oxygen atoms in total. The summed E-state index contributed by atoms with van der Waals surface area (Å²) >= 11 is 0. The molecule has 4 heteroatoms. The van der Waals surface area contributed by atoms with Crippen molar-refractivity contribution >= 4 is 0 Å². The highest BCUT2D eigenvalue weighted by Gasteiger charge is 2.35. The van der Waals surface area contributed by atoms with Crippen LogP contribution in [0.2, 0.25) is 0 Å². The van der Waals surface area contributed by atoms with Gasteiger partial charge < -0.3 is 9.84 Å². The lowest BCUT2D eigenvalue weighted by molar-refractivity contribution is 0.00713. The van der Waals surface area contributed by atoms with Gasteiger partial charge in [-0.3, -0.25) is 9.80 Å². The van der Waals surface area contributed by atoms with Crippen molar-refractivity contribution in [1.29, 1.82) is 0 Å². The van der Waals surface area contributed by atoms with Gasteiger partial charge >= 0.3 is 0 Å². The van der Waals surface area contributed by atoms with Crippen LogP contribution in [0.1, 0.15) is 32.1 Å². The molecule has 104 valence electrons. The number of nitrogens with zero attached hydrogens (tertiary/aromatic N) is 2. The van der Waals surface area contributed by atoms with E-state index in [-0.39, 0.29) is 6.10 Å². The second-order valence-electron chi connectivity index (χ2n) is 6.00. The van der Waals surface area contributed by atoms with Gasteiger partial charge in [0, 0.05) is 38.3 Å². The third-order valence-corrected chi connectivity index (χ3v) is 4.92. The van der Waals surface area contributed by atoms with Gasteiger partial charge in [-0.2, -0.15) is 0 Å². The fraction of sp³-hybridized carbons (Fsp3) is 1.00.